The zero-order valence-electron chi connectivity index (χ0n) is 6.44. The van der Waals surface area contributed by atoms with Gasteiger partial charge in [-0.2, -0.15) is 0 Å². The van der Waals surface area contributed by atoms with Gasteiger partial charge in [0.2, 0.25) is 18.1 Å². The summed E-state index contributed by atoms with van der Waals surface area (Å²) in [5.74, 6) is -0.701. The lowest BCUT2D eigenvalue weighted by Gasteiger charge is -1.99. The molecule has 0 rings (SSSR count). The Balaban J connectivity index is 3.50. The first-order valence-electron chi connectivity index (χ1n) is 3.13. The van der Waals surface area contributed by atoms with Gasteiger partial charge in [-0.15, -0.1) is 0 Å². The molecule has 5 nitrogen and oxygen atoms in total. The summed E-state index contributed by atoms with van der Waals surface area (Å²) < 4.78 is 46.0. The minimum atomic E-state index is -3.58. The van der Waals surface area contributed by atoms with E-state index in [-0.39, 0.29) is 24.7 Å². The van der Waals surface area contributed by atoms with Crippen LogP contribution in [-0.2, 0) is 22.8 Å². The Morgan fingerprint density at radius 2 is 1.15 bits per heavy atom. The van der Waals surface area contributed by atoms with Gasteiger partial charge in [0.05, 0.1) is 24.7 Å². The van der Waals surface area contributed by atoms with Gasteiger partial charge in [0.25, 0.3) is 0 Å². The van der Waals surface area contributed by atoms with E-state index in [9.17, 15) is 16.8 Å². The van der Waals surface area contributed by atoms with Crippen molar-refractivity contribution in [2.45, 2.75) is 0 Å². The summed E-state index contributed by atoms with van der Waals surface area (Å²) in [4.78, 5) is 0. The molecule has 0 aromatic rings. The second kappa shape index (κ2) is 5.35. The molecule has 0 aromatic carbocycles. The summed E-state index contributed by atoms with van der Waals surface area (Å²) in [6, 6.07) is 0. The molecular formula is C4H8Cl2O5S2. The highest BCUT2D eigenvalue weighted by atomic mass is 35.7. The largest absolute Gasteiger partial charge is 0.379 e. The predicted molar refractivity (Wildman–Crippen MR) is 50.1 cm³/mol. The van der Waals surface area contributed by atoms with Gasteiger partial charge in [0, 0.05) is 21.4 Å². The molecule has 0 bridgehead atoms. The second-order valence-corrected chi connectivity index (χ2v) is 7.89. The van der Waals surface area contributed by atoms with Crippen LogP contribution in [0.3, 0.4) is 0 Å². The van der Waals surface area contributed by atoms with Crippen LogP contribution in [-0.4, -0.2) is 41.6 Å². The van der Waals surface area contributed by atoms with E-state index in [1.165, 1.54) is 0 Å². The Morgan fingerprint density at radius 3 is 1.38 bits per heavy atom. The standard InChI is InChI=1S/C4H8Cl2O5S2/c5-12(7,8)3-1-11-2-4-13(6,9)10/h1-4H2. The van der Waals surface area contributed by atoms with Crippen molar-refractivity contribution in [2.75, 3.05) is 24.7 Å². The fourth-order valence-electron chi connectivity index (χ4n) is 0.419. The first-order chi connectivity index (χ1) is 5.71. The van der Waals surface area contributed by atoms with Crippen LogP contribution in [0.4, 0.5) is 0 Å². The minimum absolute atomic E-state index is 0.141. The van der Waals surface area contributed by atoms with E-state index in [0.29, 0.717) is 0 Å². The molecule has 0 N–H and O–H groups in total. The van der Waals surface area contributed by atoms with E-state index in [1.54, 1.807) is 0 Å². The van der Waals surface area contributed by atoms with E-state index in [0.717, 1.165) is 0 Å². The minimum Gasteiger partial charge on any atom is -0.379 e. The van der Waals surface area contributed by atoms with Crippen molar-refractivity contribution in [3.05, 3.63) is 0 Å². The van der Waals surface area contributed by atoms with Crippen LogP contribution in [0.15, 0.2) is 0 Å². The molecule has 0 saturated carbocycles. The summed E-state index contributed by atoms with van der Waals surface area (Å²) in [5.41, 5.74) is 0. The van der Waals surface area contributed by atoms with Gasteiger partial charge < -0.3 is 4.74 Å². The Labute approximate surface area is 85.8 Å². The smallest absolute Gasteiger partial charge is 0.234 e. The third kappa shape index (κ3) is 12.4. The van der Waals surface area contributed by atoms with Gasteiger partial charge in [-0.1, -0.05) is 0 Å². The molecule has 0 atom stereocenters. The molecule has 0 aliphatic carbocycles. The normalized spacial score (nSPS) is 13.1. The van der Waals surface area contributed by atoms with Crippen LogP contribution in [0.1, 0.15) is 0 Å². The van der Waals surface area contributed by atoms with Gasteiger partial charge >= 0.3 is 0 Å². The van der Waals surface area contributed by atoms with Crippen LogP contribution in [0.5, 0.6) is 0 Å². The fraction of sp³-hybridized carbons (Fsp3) is 1.00. The van der Waals surface area contributed by atoms with Crippen molar-refractivity contribution in [1.82, 2.24) is 0 Å². The van der Waals surface area contributed by atoms with Crippen molar-refractivity contribution in [2.24, 2.45) is 0 Å². The second-order valence-electron chi connectivity index (χ2n) is 2.10. The Bertz CT molecular complexity index is 298. The highest BCUT2D eigenvalue weighted by molar-refractivity contribution is 8.14. The molecule has 0 unspecified atom stereocenters. The lowest BCUT2D eigenvalue weighted by Crippen LogP contribution is -2.11. The molecule has 0 spiro atoms. The van der Waals surface area contributed by atoms with Crippen molar-refractivity contribution in [3.63, 3.8) is 0 Å². The predicted octanol–water partition coefficient (Wildman–Crippen LogP) is 0.140. The Kier molecular flexibility index (Phi) is 5.53. The summed E-state index contributed by atoms with van der Waals surface area (Å²) in [6.45, 7) is -0.281. The van der Waals surface area contributed by atoms with Gasteiger partial charge in [0.15, 0.2) is 0 Å². The number of hydrogen-bond acceptors (Lipinski definition) is 5. The third-order valence-electron chi connectivity index (χ3n) is 0.943. The molecule has 0 aliphatic rings. The summed E-state index contributed by atoms with van der Waals surface area (Å²) in [7, 11) is 2.55. The molecule has 13 heavy (non-hydrogen) atoms. The number of halogens is 2. The molecule has 80 valence electrons. The molecule has 0 heterocycles. The zero-order valence-corrected chi connectivity index (χ0v) is 9.59. The molecule has 0 fully saturated rings. The van der Waals surface area contributed by atoms with Crippen LogP contribution >= 0.6 is 21.4 Å². The highest BCUT2D eigenvalue weighted by Gasteiger charge is 2.07. The lowest BCUT2D eigenvalue weighted by atomic mass is 10.8. The SMILES string of the molecule is O=S(=O)(Cl)CCOCCS(=O)(=O)Cl. The maximum absolute atomic E-state index is 10.3. The molecule has 0 saturated heterocycles. The molecule has 0 aliphatic heterocycles. The zero-order chi connectivity index (χ0) is 10.5. The van der Waals surface area contributed by atoms with Crippen molar-refractivity contribution in [1.29, 1.82) is 0 Å². The Hall–Kier alpha value is 0.440. The van der Waals surface area contributed by atoms with E-state index in [4.69, 9.17) is 21.4 Å². The van der Waals surface area contributed by atoms with E-state index >= 15 is 0 Å². The number of ether oxygens (including phenoxy) is 1. The van der Waals surface area contributed by atoms with Gasteiger partial charge in [-0.3, -0.25) is 0 Å². The lowest BCUT2D eigenvalue weighted by molar-refractivity contribution is 0.165. The number of hydrogen-bond donors (Lipinski definition) is 0. The number of rotatable bonds is 6. The molecule has 0 radical (unpaired) electrons. The van der Waals surface area contributed by atoms with Gasteiger partial charge in [0.1, 0.15) is 0 Å². The van der Waals surface area contributed by atoms with E-state index in [2.05, 4.69) is 4.74 Å². The average molecular weight is 271 g/mol. The quantitative estimate of drug-likeness (QED) is 0.507. The molecule has 0 amide bonds. The van der Waals surface area contributed by atoms with Crippen molar-refractivity contribution in [3.8, 4) is 0 Å². The average Bonchev–Trinajstić information content (AvgIpc) is 1.81. The first-order valence-corrected chi connectivity index (χ1v) is 8.09. The fourth-order valence-corrected chi connectivity index (χ4v) is 1.43. The van der Waals surface area contributed by atoms with Gasteiger partial charge in [-0.25, -0.2) is 16.8 Å². The highest BCUT2D eigenvalue weighted by Crippen LogP contribution is 1.98. The van der Waals surface area contributed by atoms with E-state index in [1.807, 2.05) is 0 Å². The van der Waals surface area contributed by atoms with Gasteiger partial charge in [-0.05, 0) is 0 Å². The summed E-state index contributed by atoms with van der Waals surface area (Å²) in [6.07, 6.45) is 0. The summed E-state index contributed by atoms with van der Waals surface area (Å²) >= 11 is 0. The molecule has 0 aromatic heterocycles. The third-order valence-corrected chi connectivity index (χ3v) is 3.18. The maximum Gasteiger partial charge on any atom is 0.234 e. The maximum atomic E-state index is 10.3. The van der Waals surface area contributed by atoms with Crippen molar-refractivity contribution < 1.29 is 21.6 Å². The topological polar surface area (TPSA) is 77.5 Å². The Morgan fingerprint density at radius 1 is 0.846 bits per heavy atom. The van der Waals surface area contributed by atoms with Crippen molar-refractivity contribution >= 4 is 39.5 Å². The molecule has 9 heteroatoms. The van der Waals surface area contributed by atoms with Crippen LogP contribution in [0, 0.1) is 0 Å². The molecular weight excluding hydrogens is 263 g/mol. The van der Waals surface area contributed by atoms with Crippen LogP contribution in [0.25, 0.3) is 0 Å². The van der Waals surface area contributed by atoms with E-state index < -0.39 is 18.1 Å². The van der Waals surface area contributed by atoms with Crippen LogP contribution < -0.4 is 0 Å². The first kappa shape index (κ1) is 13.4. The van der Waals surface area contributed by atoms with Crippen LogP contribution in [0.2, 0.25) is 0 Å². The monoisotopic (exact) mass is 270 g/mol. The summed E-state index contributed by atoms with van der Waals surface area (Å²) in [5, 5.41) is 0.